The molecule has 0 spiro atoms. The van der Waals surface area contributed by atoms with Crippen LogP contribution in [0.5, 0.6) is 0 Å². The monoisotopic (exact) mass is 360 g/mol. The van der Waals surface area contributed by atoms with Gasteiger partial charge in [-0.05, 0) is 18.1 Å². The summed E-state index contributed by atoms with van der Waals surface area (Å²) in [5.74, 6) is 0.892. The van der Waals surface area contributed by atoms with E-state index in [0.29, 0.717) is 17.4 Å². The third kappa shape index (κ3) is 3.22. The molecule has 134 valence electrons. The molecule has 8 heteroatoms. The lowest BCUT2D eigenvalue weighted by molar-refractivity contribution is -0.384. The molecule has 2 heterocycles. The third-order valence-corrected chi connectivity index (χ3v) is 4.73. The highest BCUT2D eigenvalue weighted by molar-refractivity contribution is 5.52. The summed E-state index contributed by atoms with van der Waals surface area (Å²) in [4.78, 5) is 13.9. The Morgan fingerprint density at radius 2 is 1.96 bits per heavy atom. The maximum absolute atomic E-state index is 11.0. The number of anilines is 1. The molecule has 0 N–H and O–H groups in total. The van der Waals surface area contributed by atoms with Gasteiger partial charge in [0, 0.05) is 31.1 Å². The fourth-order valence-electron chi connectivity index (χ4n) is 3.38. The molecule has 1 fully saturated rings. The Kier molecular flexibility index (Phi) is 4.26. The zero-order valence-corrected chi connectivity index (χ0v) is 14.4. The molecule has 0 aliphatic carbocycles. The van der Waals surface area contributed by atoms with Crippen LogP contribution >= 0.6 is 0 Å². The lowest BCUT2D eigenvalue weighted by Gasteiger charge is -2.15. The van der Waals surface area contributed by atoms with Crippen molar-refractivity contribution >= 4 is 11.5 Å². The van der Waals surface area contributed by atoms with Crippen LogP contribution in [0.4, 0.5) is 11.5 Å². The fraction of sp³-hybridized carbons (Fsp3) is 0.211. The van der Waals surface area contributed by atoms with E-state index in [4.69, 9.17) is 0 Å². The standard InChI is InChI=1S/C19H16N6O2/c20-12-18-19(23-10-9-15(13-23)14-5-2-1-3-6-14)22-24(21-18)16-7-4-8-17(11-16)25(26)27/h1-8,11,15H,9-10,13H2/t15-/m1/s1. The molecule has 4 rings (SSSR count). The van der Waals surface area contributed by atoms with Crippen molar-refractivity contribution in [2.45, 2.75) is 12.3 Å². The first-order valence-electron chi connectivity index (χ1n) is 8.58. The zero-order valence-electron chi connectivity index (χ0n) is 14.4. The lowest BCUT2D eigenvalue weighted by Crippen LogP contribution is -2.20. The number of nitrogens with zero attached hydrogens (tertiary/aromatic N) is 6. The first kappa shape index (κ1) is 16.7. The second-order valence-electron chi connectivity index (χ2n) is 6.39. The minimum Gasteiger partial charge on any atom is -0.352 e. The molecule has 0 unspecified atom stereocenters. The molecule has 1 aliphatic heterocycles. The molecule has 2 aromatic carbocycles. The van der Waals surface area contributed by atoms with Crippen molar-refractivity contribution in [3.63, 3.8) is 0 Å². The Bertz CT molecular complexity index is 1020. The maximum atomic E-state index is 11.0. The van der Waals surface area contributed by atoms with Crippen molar-refractivity contribution in [2.75, 3.05) is 18.0 Å². The van der Waals surface area contributed by atoms with Crippen molar-refractivity contribution in [1.82, 2.24) is 15.0 Å². The largest absolute Gasteiger partial charge is 0.352 e. The van der Waals surface area contributed by atoms with Gasteiger partial charge in [0.2, 0.25) is 5.69 Å². The van der Waals surface area contributed by atoms with E-state index < -0.39 is 4.92 Å². The van der Waals surface area contributed by atoms with Gasteiger partial charge in [-0.25, -0.2) is 0 Å². The molecule has 0 bridgehead atoms. The molecular weight excluding hydrogens is 344 g/mol. The number of nitro benzene ring substituents is 1. The van der Waals surface area contributed by atoms with Gasteiger partial charge in [-0.2, -0.15) is 5.26 Å². The van der Waals surface area contributed by atoms with Crippen LogP contribution in [0.15, 0.2) is 54.6 Å². The van der Waals surface area contributed by atoms with Crippen LogP contribution in [-0.2, 0) is 0 Å². The summed E-state index contributed by atoms with van der Waals surface area (Å²) in [6.45, 7) is 1.54. The second-order valence-corrected chi connectivity index (χ2v) is 6.39. The molecule has 1 aliphatic rings. The molecule has 0 amide bonds. The summed E-state index contributed by atoms with van der Waals surface area (Å²) >= 11 is 0. The minimum atomic E-state index is -0.468. The van der Waals surface area contributed by atoms with Crippen LogP contribution in [0.25, 0.3) is 5.69 Å². The summed E-state index contributed by atoms with van der Waals surface area (Å²) in [6.07, 6.45) is 0.971. The van der Waals surface area contributed by atoms with Crippen molar-refractivity contribution in [3.8, 4) is 11.8 Å². The van der Waals surface area contributed by atoms with Gasteiger partial charge in [-0.3, -0.25) is 10.1 Å². The predicted octanol–water partition coefficient (Wildman–Crippen LogP) is 3.04. The zero-order chi connectivity index (χ0) is 18.8. The minimum absolute atomic E-state index is 0.0461. The molecule has 8 nitrogen and oxygen atoms in total. The average molecular weight is 360 g/mol. The highest BCUT2D eigenvalue weighted by Gasteiger charge is 2.28. The first-order chi connectivity index (χ1) is 13.2. The molecule has 1 atom stereocenters. The number of hydrogen-bond donors (Lipinski definition) is 0. The Morgan fingerprint density at radius 1 is 1.15 bits per heavy atom. The third-order valence-electron chi connectivity index (χ3n) is 4.73. The molecule has 0 radical (unpaired) electrons. The van der Waals surface area contributed by atoms with Crippen molar-refractivity contribution in [2.24, 2.45) is 0 Å². The van der Waals surface area contributed by atoms with Gasteiger partial charge in [-0.15, -0.1) is 15.0 Å². The lowest BCUT2D eigenvalue weighted by atomic mass is 9.99. The topological polar surface area (TPSA) is 101 Å². The van der Waals surface area contributed by atoms with Gasteiger partial charge in [0.05, 0.1) is 10.6 Å². The number of non-ortho nitro benzene ring substituents is 1. The number of nitro groups is 1. The van der Waals surface area contributed by atoms with E-state index in [1.54, 1.807) is 12.1 Å². The Morgan fingerprint density at radius 3 is 2.70 bits per heavy atom. The summed E-state index contributed by atoms with van der Waals surface area (Å²) in [5.41, 5.74) is 1.89. The summed E-state index contributed by atoms with van der Waals surface area (Å²) in [6, 6.07) is 18.4. The van der Waals surface area contributed by atoms with Gasteiger partial charge in [-0.1, -0.05) is 36.4 Å². The van der Waals surface area contributed by atoms with Gasteiger partial charge in [0.1, 0.15) is 6.07 Å². The number of benzene rings is 2. The molecule has 27 heavy (non-hydrogen) atoms. The van der Waals surface area contributed by atoms with E-state index in [1.807, 2.05) is 18.2 Å². The Labute approximate surface area is 155 Å². The van der Waals surface area contributed by atoms with Gasteiger partial charge in [0.15, 0.2) is 5.82 Å². The molecule has 0 saturated carbocycles. The van der Waals surface area contributed by atoms with Crippen LogP contribution in [0.2, 0.25) is 0 Å². The predicted molar refractivity (Wildman–Crippen MR) is 98.7 cm³/mol. The summed E-state index contributed by atoms with van der Waals surface area (Å²) in [5, 5.41) is 29.1. The quantitative estimate of drug-likeness (QED) is 0.523. The van der Waals surface area contributed by atoms with E-state index >= 15 is 0 Å². The summed E-state index contributed by atoms with van der Waals surface area (Å²) < 4.78 is 0. The Balaban J connectivity index is 1.62. The summed E-state index contributed by atoms with van der Waals surface area (Å²) in [7, 11) is 0. The van der Waals surface area contributed by atoms with Crippen molar-refractivity contribution in [3.05, 3.63) is 76.0 Å². The highest BCUT2D eigenvalue weighted by atomic mass is 16.6. The van der Waals surface area contributed by atoms with Gasteiger partial charge in [0.25, 0.3) is 5.69 Å². The van der Waals surface area contributed by atoms with Crippen LogP contribution < -0.4 is 4.90 Å². The van der Waals surface area contributed by atoms with E-state index in [2.05, 4.69) is 33.3 Å². The van der Waals surface area contributed by atoms with E-state index in [-0.39, 0.29) is 11.4 Å². The SMILES string of the molecule is N#Cc1nn(-c2cccc([N+](=O)[O-])c2)nc1N1CC[C@@H](c2ccccc2)C1. The normalized spacial score (nSPS) is 16.3. The van der Waals surface area contributed by atoms with E-state index in [1.165, 1.54) is 22.5 Å². The first-order valence-corrected chi connectivity index (χ1v) is 8.58. The van der Waals surface area contributed by atoms with E-state index in [9.17, 15) is 15.4 Å². The maximum Gasteiger partial charge on any atom is 0.271 e. The van der Waals surface area contributed by atoms with E-state index in [0.717, 1.165) is 19.5 Å². The highest BCUT2D eigenvalue weighted by Crippen LogP contribution is 2.31. The molecular formula is C19H16N6O2. The van der Waals surface area contributed by atoms with Crippen LogP contribution in [0.1, 0.15) is 23.6 Å². The molecule has 1 aromatic heterocycles. The number of rotatable bonds is 4. The number of hydrogen-bond acceptors (Lipinski definition) is 6. The number of nitriles is 1. The van der Waals surface area contributed by atoms with Crippen molar-refractivity contribution in [1.29, 1.82) is 5.26 Å². The molecule has 1 saturated heterocycles. The van der Waals surface area contributed by atoms with Gasteiger partial charge >= 0.3 is 0 Å². The smallest absolute Gasteiger partial charge is 0.271 e. The van der Waals surface area contributed by atoms with Crippen LogP contribution in [0, 0.1) is 21.4 Å². The Hall–Kier alpha value is -3.73. The fourth-order valence-corrected chi connectivity index (χ4v) is 3.38. The molecule has 3 aromatic rings. The number of aromatic nitrogens is 3. The average Bonchev–Trinajstić information content (AvgIpc) is 3.35. The van der Waals surface area contributed by atoms with Crippen LogP contribution in [0.3, 0.4) is 0 Å². The second kappa shape index (κ2) is 6.88. The van der Waals surface area contributed by atoms with Crippen molar-refractivity contribution < 1.29 is 4.92 Å². The van der Waals surface area contributed by atoms with Gasteiger partial charge < -0.3 is 4.90 Å². The van der Waals surface area contributed by atoms with Crippen LogP contribution in [-0.4, -0.2) is 33.0 Å².